The normalized spacial score (nSPS) is 11.8. The van der Waals surface area contributed by atoms with Crippen molar-refractivity contribution in [3.8, 4) is 0 Å². The number of hydrogen-bond acceptors (Lipinski definition) is 0. The van der Waals surface area contributed by atoms with E-state index in [-0.39, 0.29) is 2.10 Å². The van der Waals surface area contributed by atoms with E-state index >= 15 is 0 Å². The molecule has 30 valence electrons. The lowest BCUT2D eigenvalue weighted by Crippen LogP contribution is -1.99. The third-order valence-corrected chi connectivity index (χ3v) is 0. The Morgan fingerprint density at radius 3 is 1.60 bits per heavy atom. The summed E-state index contributed by atoms with van der Waals surface area (Å²) in [7, 11) is 0. The molecule has 0 nitrogen and oxygen atoms in total. The van der Waals surface area contributed by atoms with E-state index in [1.54, 1.807) is 0 Å². The number of halogens is 2. The Morgan fingerprint density at radius 2 is 1.60 bits per heavy atom. The maximum atomic E-state index is 3.35. The Balaban J connectivity index is 3.02. The number of rotatable bonds is 0. The van der Waals surface area contributed by atoms with Gasteiger partial charge in [0.15, 0.2) is 0 Å². The Hall–Kier alpha value is 1.49. The van der Waals surface area contributed by atoms with Gasteiger partial charge < -0.3 is 0 Å². The van der Waals surface area contributed by atoms with E-state index in [1.165, 1.54) is 0 Å². The highest BCUT2D eigenvalue weighted by molar-refractivity contribution is 9.26. The summed E-state index contributed by atoms with van der Waals surface area (Å²) in [6.07, 6.45) is 0. The van der Waals surface area contributed by atoms with Crippen molar-refractivity contribution in [2.45, 2.75) is 9.02 Å². The molecule has 0 spiro atoms. The van der Waals surface area contributed by atoms with Gasteiger partial charge in [0.1, 0.15) is 0 Å². The SMILES string of the molecule is C[C]([AlH2])(Br)Br. The molecular formula is C2H5AlBr2. The van der Waals surface area contributed by atoms with Gasteiger partial charge in [-0.1, -0.05) is 38.8 Å². The fourth-order valence-corrected chi connectivity index (χ4v) is 0. The number of alkyl halides is 2. The van der Waals surface area contributed by atoms with Crippen LogP contribution < -0.4 is 0 Å². The molecule has 0 aliphatic heterocycles. The van der Waals surface area contributed by atoms with E-state index in [9.17, 15) is 0 Å². The van der Waals surface area contributed by atoms with E-state index in [0.29, 0.717) is 0 Å². The monoisotopic (exact) mass is 214 g/mol. The van der Waals surface area contributed by atoms with Crippen molar-refractivity contribution in [2.24, 2.45) is 0 Å². The highest BCUT2D eigenvalue weighted by atomic mass is 79.9. The molecule has 0 radical (unpaired) electrons. The van der Waals surface area contributed by atoms with E-state index in [1.807, 2.05) is 0 Å². The van der Waals surface area contributed by atoms with Crippen LogP contribution in [0.15, 0.2) is 0 Å². The fourth-order valence-electron chi connectivity index (χ4n) is 0. The second kappa shape index (κ2) is 1.97. The zero-order valence-corrected chi connectivity index (χ0v) is 8.43. The van der Waals surface area contributed by atoms with Crippen molar-refractivity contribution < 1.29 is 0 Å². The van der Waals surface area contributed by atoms with E-state index in [0.717, 1.165) is 16.3 Å². The molecule has 3 heteroatoms. The largest absolute Gasteiger partial charge is 0.256 e. The zero-order chi connectivity index (χ0) is 4.50. The lowest BCUT2D eigenvalue weighted by molar-refractivity contribution is 1.36. The Morgan fingerprint density at radius 1 is 1.60 bits per heavy atom. The van der Waals surface area contributed by atoms with Gasteiger partial charge in [0.05, 0.1) is 0 Å². The summed E-state index contributed by atoms with van der Waals surface area (Å²) in [6.45, 7) is 2.08. The van der Waals surface area contributed by atoms with Crippen LogP contribution in [-0.2, 0) is 0 Å². The first-order valence-corrected chi connectivity index (χ1v) is 3.96. The van der Waals surface area contributed by atoms with Gasteiger partial charge in [-0.25, -0.2) is 0 Å². The molecule has 0 fully saturated rings. The average molecular weight is 216 g/mol. The van der Waals surface area contributed by atoms with Gasteiger partial charge in [-0.05, 0) is 0 Å². The van der Waals surface area contributed by atoms with Crippen molar-refractivity contribution in [3.63, 3.8) is 0 Å². The van der Waals surface area contributed by atoms with E-state index in [4.69, 9.17) is 0 Å². The highest BCUT2D eigenvalue weighted by Crippen LogP contribution is 2.18. The predicted molar refractivity (Wildman–Crippen MR) is 34.8 cm³/mol. The molecule has 0 unspecified atom stereocenters. The minimum absolute atomic E-state index is 0.264. The molecule has 0 amide bonds. The van der Waals surface area contributed by atoms with Crippen molar-refractivity contribution >= 4 is 48.2 Å². The van der Waals surface area contributed by atoms with Crippen LogP contribution in [0.5, 0.6) is 0 Å². The van der Waals surface area contributed by atoms with Gasteiger partial charge in [0, 0.05) is 2.10 Å². The molecule has 0 aromatic rings. The zero-order valence-electron chi connectivity index (χ0n) is 3.26. The standard InChI is InChI=1S/C2H3Br2.Al.2H/c1-2(3)4;;;/h1H3;;;. The molecule has 0 bridgehead atoms. The van der Waals surface area contributed by atoms with Crippen molar-refractivity contribution in [1.29, 1.82) is 0 Å². The van der Waals surface area contributed by atoms with Crippen LogP contribution >= 0.6 is 31.9 Å². The summed E-state index contributed by atoms with van der Waals surface area (Å²) in [5, 5.41) is 0. The molecule has 0 aliphatic carbocycles. The van der Waals surface area contributed by atoms with Gasteiger partial charge in [-0.3, -0.25) is 0 Å². The lowest BCUT2D eigenvalue weighted by Gasteiger charge is -1.99. The van der Waals surface area contributed by atoms with Crippen LogP contribution in [0.25, 0.3) is 0 Å². The second-order valence-corrected chi connectivity index (χ2v) is 11.3. The molecule has 0 aliphatic rings. The van der Waals surface area contributed by atoms with Gasteiger partial charge in [-0.2, -0.15) is 0 Å². The van der Waals surface area contributed by atoms with Crippen LogP contribution in [0, 0.1) is 0 Å². The van der Waals surface area contributed by atoms with Crippen molar-refractivity contribution in [2.75, 3.05) is 0 Å². The molecule has 0 saturated heterocycles. The predicted octanol–water partition coefficient (Wildman–Crippen LogP) is 1.08. The van der Waals surface area contributed by atoms with E-state index < -0.39 is 0 Å². The van der Waals surface area contributed by atoms with Crippen LogP contribution in [0.3, 0.4) is 0 Å². The first-order valence-electron chi connectivity index (χ1n) is 1.38. The Kier molecular flexibility index (Phi) is 2.56. The molecule has 0 aromatic carbocycles. The summed E-state index contributed by atoms with van der Waals surface area (Å²) in [6, 6.07) is 0. The molecular weight excluding hydrogens is 211 g/mol. The Labute approximate surface area is 57.0 Å². The van der Waals surface area contributed by atoms with Crippen molar-refractivity contribution in [3.05, 3.63) is 0 Å². The quantitative estimate of drug-likeness (QED) is 0.419. The van der Waals surface area contributed by atoms with E-state index in [2.05, 4.69) is 38.8 Å². The first kappa shape index (κ1) is 6.49. The third kappa shape index (κ3) is 30.1. The lowest BCUT2D eigenvalue weighted by atomic mass is 11.0. The summed E-state index contributed by atoms with van der Waals surface area (Å²) >= 11 is 7.85. The second-order valence-electron chi connectivity index (χ2n) is 1.33. The van der Waals surface area contributed by atoms with Crippen molar-refractivity contribution in [1.82, 2.24) is 0 Å². The minimum Gasteiger partial charge on any atom is -0.0912 e. The summed E-state index contributed by atoms with van der Waals surface area (Å²) in [4.78, 5) is 0. The molecule has 0 N–H and O–H groups in total. The van der Waals surface area contributed by atoms with Gasteiger partial charge in [-0.15, -0.1) is 0 Å². The maximum absolute atomic E-state index is 3.35. The Bertz CT molecular complexity index is 23.1. The van der Waals surface area contributed by atoms with Gasteiger partial charge in [0.25, 0.3) is 16.3 Å². The van der Waals surface area contributed by atoms with Gasteiger partial charge in [0.2, 0.25) is 0 Å². The summed E-state index contributed by atoms with van der Waals surface area (Å²) < 4.78 is 0.264. The topological polar surface area (TPSA) is 0 Å². The fraction of sp³-hybridized carbons (Fsp3) is 1.00. The first-order chi connectivity index (χ1) is 2.00. The van der Waals surface area contributed by atoms with Crippen LogP contribution in [-0.4, -0.2) is 18.4 Å². The maximum Gasteiger partial charge on any atom is 0.256 e. The summed E-state index contributed by atoms with van der Waals surface area (Å²) in [5.74, 6) is 0. The third-order valence-electron chi connectivity index (χ3n) is 0. The smallest absolute Gasteiger partial charge is 0.0912 e. The molecule has 0 saturated carbocycles. The van der Waals surface area contributed by atoms with Crippen LogP contribution in [0.4, 0.5) is 0 Å². The summed E-state index contributed by atoms with van der Waals surface area (Å²) in [5.41, 5.74) is 0. The molecule has 0 heterocycles. The minimum atomic E-state index is 0.264. The van der Waals surface area contributed by atoms with Crippen LogP contribution in [0.1, 0.15) is 6.92 Å². The highest BCUT2D eigenvalue weighted by Gasteiger charge is 2.02. The molecule has 0 atom stereocenters. The van der Waals surface area contributed by atoms with Gasteiger partial charge >= 0.3 is 0 Å². The molecule has 5 heavy (non-hydrogen) atoms. The number of hydrogen-bond donors (Lipinski definition) is 0. The average Bonchev–Trinajstić information content (AvgIpc) is 0.722. The molecule has 0 aromatic heterocycles. The molecule has 0 rings (SSSR count). The van der Waals surface area contributed by atoms with Crippen LogP contribution in [0.2, 0.25) is 0 Å².